The van der Waals surface area contributed by atoms with Gasteiger partial charge in [0.05, 0.1) is 29.3 Å². The van der Waals surface area contributed by atoms with Crippen molar-refractivity contribution in [2.75, 3.05) is 53.9 Å². The van der Waals surface area contributed by atoms with Gasteiger partial charge >= 0.3 is 0 Å². The van der Waals surface area contributed by atoms with Crippen LogP contribution in [0.5, 0.6) is 0 Å². The Bertz CT molecular complexity index is 1300. The molecule has 3 aliphatic heterocycles. The van der Waals surface area contributed by atoms with Crippen molar-refractivity contribution in [3.05, 3.63) is 53.1 Å². The first-order valence-corrected chi connectivity index (χ1v) is 14.5. The van der Waals surface area contributed by atoms with Crippen molar-refractivity contribution >= 4 is 33.0 Å². The Morgan fingerprint density at radius 2 is 1.75 bits per heavy atom. The third-order valence-electron chi connectivity index (χ3n) is 8.43. The van der Waals surface area contributed by atoms with E-state index in [4.69, 9.17) is 4.74 Å². The number of carbonyl (C=O) groups is 1. The molecule has 9 heteroatoms. The first-order chi connectivity index (χ1) is 17.2. The number of anilines is 3. The van der Waals surface area contributed by atoms with E-state index in [9.17, 15) is 13.2 Å². The van der Waals surface area contributed by atoms with Crippen molar-refractivity contribution < 1.29 is 17.9 Å². The number of nitrogens with zero attached hydrogens (tertiary/aromatic N) is 2. The van der Waals surface area contributed by atoms with E-state index in [1.807, 2.05) is 24.3 Å². The molecular formula is C27H34N4O4S. The summed E-state index contributed by atoms with van der Waals surface area (Å²) in [6, 6.07) is 11.2. The fraction of sp³-hybridized carbons (Fsp3) is 0.519. The van der Waals surface area contributed by atoms with Gasteiger partial charge in [-0.05, 0) is 86.5 Å². The number of hydrogen-bond donors (Lipinski definition) is 2. The summed E-state index contributed by atoms with van der Waals surface area (Å²) in [5.74, 6) is -0.198. The Balaban J connectivity index is 1.27. The van der Waals surface area contributed by atoms with E-state index in [2.05, 4.69) is 26.9 Å². The van der Waals surface area contributed by atoms with E-state index >= 15 is 0 Å². The van der Waals surface area contributed by atoms with Crippen LogP contribution in [0.25, 0.3) is 0 Å². The van der Waals surface area contributed by atoms with Gasteiger partial charge in [0.25, 0.3) is 5.91 Å². The lowest BCUT2D eigenvalue weighted by Crippen LogP contribution is -2.57. The van der Waals surface area contributed by atoms with E-state index in [1.54, 1.807) is 19.1 Å². The van der Waals surface area contributed by atoms with E-state index in [1.165, 1.54) is 18.4 Å². The van der Waals surface area contributed by atoms with E-state index in [0.717, 1.165) is 56.0 Å². The second-order valence-corrected chi connectivity index (χ2v) is 13.0. The molecule has 192 valence electrons. The maximum Gasteiger partial charge on any atom is 0.257 e. The van der Waals surface area contributed by atoms with Gasteiger partial charge in [-0.15, -0.1) is 0 Å². The van der Waals surface area contributed by atoms with E-state index < -0.39 is 10.0 Å². The first kappa shape index (κ1) is 23.8. The lowest BCUT2D eigenvalue weighted by atomic mass is 9.85. The topological polar surface area (TPSA) is 91.0 Å². The van der Waals surface area contributed by atoms with Crippen LogP contribution >= 0.6 is 0 Å². The smallest absolute Gasteiger partial charge is 0.257 e. The molecule has 8 nitrogen and oxygen atoms in total. The van der Waals surface area contributed by atoms with Crippen LogP contribution in [0.15, 0.2) is 36.4 Å². The summed E-state index contributed by atoms with van der Waals surface area (Å²) >= 11 is 0. The number of piperidine rings is 1. The fourth-order valence-electron chi connectivity index (χ4n) is 5.98. The van der Waals surface area contributed by atoms with Crippen LogP contribution in [-0.2, 0) is 27.0 Å². The van der Waals surface area contributed by atoms with Crippen molar-refractivity contribution in [3.63, 3.8) is 0 Å². The van der Waals surface area contributed by atoms with Gasteiger partial charge in [-0.3, -0.25) is 14.4 Å². The molecule has 0 radical (unpaired) electrons. The number of likely N-dealkylation sites (N-methyl/N-ethyl adjacent to an activating group) is 1. The largest absolute Gasteiger partial charge is 0.371 e. The molecule has 2 saturated heterocycles. The molecule has 1 amide bonds. The van der Waals surface area contributed by atoms with E-state index in [-0.39, 0.29) is 17.3 Å². The van der Waals surface area contributed by atoms with Crippen molar-refractivity contribution in [3.8, 4) is 0 Å². The number of rotatable bonds is 6. The summed E-state index contributed by atoms with van der Waals surface area (Å²) < 4.78 is 33.1. The van der Waals surface area contributed by atoms with Gasteiger partial charge in [0.15, 0.2) is 0 Å². The van der Waals surface area contributed by atoms with Crippen molar-refractivity contribution in [1.29, 1.82) is 0 Å². The lowest BCUT2D eigenvalue weighted by Gasteiger charge is -2.45. The number of amides is 1. The Morgan fingerprint density at radius 1 is 1.03 bits per heavy atom. The van der Waals surface area contributed by atoms with Crippen LogP contribution in [0, 0.1) is 5.41 Å². The third kappa shape index (κ3) is 4.27. The number of fused-ring (bicyclic) bond motifs is 2. The Hall–Kier alpha value is -2.62. The summed E-state index contributed by atoms with van der Waals surface area (Å²) in [5, 5.41) is 3.10. The minimum absolute atomic E-state index is 0.00384. The third-order valence-corrected chi connectivity index (χ3v) is 9.74. The van der Waals surface area contributed by atoms with Crippen LogP contribution in [0.3, 0.4) is 0 Å². The lowest BCUT2D eigenvalue weighted by molar-refractivity contribution is -0.132. The molecular weight excluding hydrogens is 476 g/mol. The molecule has 0 bridgehead atoms. The van der Waals surface area contributed by atoms with Crippen LogP contribution in [0.2, 0.25) is 0 Å². The first-order valence-electron chi connectivity index (χ1n) is 12.9. The minimum Gasteiger partial charge on any atom is -0.371 e. The van der Waals surface area contributed by atoms with Crippen LogP contribution in [0.4, 0.5) is 17.1 Å². The fourth-order valence-corrected chi connectivity index (χ4v) is 6.61. The highest BCUT2D eigenvalue weighted by molar-refractivity contribution is 7.92. The van der Waals surface area contributed by atoms with Crippen LogP contribution in [-0.4, -0.2) is 58.2 Å². The summed E-state index contributed by atoms with van der Waals surface area (Å²) in [4.78, 5) is 18.0. The zero-order valence-electron chi connectivity index (χ0n) is 21.0. The van der Waals surface area contributed by atoms with Gasteiger partial charge in [-0.2, -0.15) is 0 Å². The number of carbonyl (C=O) groups excluding carboxylic acids is 1. The predicted octanol–water partition coefficient (Wildman–Crippen LogP) is 3.75. The zero-order chi connectivity index (χ0) is 25.1. The zero-order valence-corrected chi connectivity index (χ0v) is 21.8. The normalized spacial score (nSPS) is 21.8. The van der Waals surface area contributed by atoms with E-state index in [0.29, 0.717) is 23.3 Å². The molecule has 2 spiro atoms. The maximum absolute atomic E-state index is 13.6. The molecule has 1 aliphatic carbocycles. The number of benzene rings is 2. The van der Waals surface area contributed by atoms with Crippen LogP contribution in [0.1, 0.15) is 54.1 Å². The Morgan fingerprint density at radius 3 is 2.42 bits per heavy atom. The average molecular weight is 511 g/mol. The number of sulfonamides is 1. The molecule has 2 aromatic carbocycles. The summed E-state index contributed by atoms with van der Waals surface area (Å²) in [6.45, 7) is 5.67. The van der Waals surface area contributed by atoms with Gasteiger partial charge in [0.2, 0.25) is 10.0 Å². The molecule has 2 N–H and O–H groups in total. The minimum atomic E-state index is -3.41. The standard InChI is InChI=1S/C27H34N4O4S/c1-3-36(33,34)29-21-6-7-22(24(15-21)31-12-10-26(8-9-26)11-13-31)25(32)28-20-5-4-19-16-35-27(23(19)14-20)17-30(2)18-27/h4-7,14-15,29H,3,8-13,16-18H2,1-2H3,(H,28,32). The molecule has 3 fully saturated rings. The predicted molar refractivity (Wildman–Crippen MR) is 141 cm³/mol. The summed E-state index contributed by atoms with van der Waals surface area (Å²) in [7, 11) is -1.33. The molecule has 36 heavy (non-hydrogen) atoms. The number of likely N-dealkylation sites (tertiary alicyclic amines) is 1. The van der Waals surface area contributed by atoms with Gasteiger partial charge in [0.1, 0.15) is 5.60 Å². The number of ether oxygens (including phenoxy) is 1. The highest BCUT2D eigenvalue weighted by atomic mass is 32.2. The Kier molecular flexibility index (Phi) is 5.59. The molecule has 0 aromatic heterocycles. The van der Waals surface area contributed by atoms with Crippen molar-refractivity contribution in [2.24, 2.45) is 5.41 Å². The second kappa shape index (κ2) is 8.46. The van der Waals surface area contributed by atoms with Gasteiger partial charge in [-0.1, -0.05) is 6.07 Å². The second-order valence-electron chi connectivity index (χ2n) is 11.0. The van der Waals surface area contributed by atoms with Gasteiger partial charge in [0, 0.05) is 31.9 Å². The Labute approximate surface area is 213 Å². The molecule has 0 unspecified atom stereocenters. The van der Waals surface area contributed by atoms with Crippen molar-refractivity contribution in [2.45, 2.75) is 44.8 Å². The molecule has 6 rings (SSSR count). The highest BCUT2D eigenvalue weighted by Gasteiger charge is 2.48. The monoisotopic (exact) mass is 510 g/mol. The summed E-state index contributed by atoms with van der Waals surface area (Å²) in [6.07, 6.45) is 4.81. The van der Waals surface area contributed by atoms with Gasteiger partial charge < -0.3 is 15.0 Å². The molecule has 2 aromatic rings. The van der Waals surface area contributed by atoms with Crippen molar-refractivity contribution in [1.82, 2.24) is 4.90 Å². The van der Waals surface area contributed by atoms with Crippen LogP contribution < -0.4 is 14.9 Å². The average Bonchev–Trinajstić information content (AvgIpc) is 3.49. The molecule has 0 atom stereocenters. The molecule has 3 heterocycles. The van der Waals surface area contributed by atoms with Gasteiger partial charge in [-0.25, -0.2) is 8.42 Å². The molecule has 4 aliphatic rings. The highest BCUT2D eigenvalue weighted by Crippen LogP contribution is 2.54. The summed E-state index contributed by atoms with van der Waals surface area (Å²) in [5.41, 5.74) is 5.14. The molecule has 1 saturated carbocycles. The number of hydrogen-bond acceptors (Lipinski definition) is 6. The SMILES string of the molecule is CCS(=O)(=O)Nc1ccc(C(=O)Nc2ccc3c(c2)C2(CN(C)C2)OC3)c(N2CCC3(CC2)CC3)c1. The number of nitrogens with one attached hydrogen (secondary N) is 2. The quantitative estimate of drug-likeness (QED) is 0.615. The maximum atomic E-state index is 13.6.